The number of carbonyl (C=O) groups is 1. The van der Waals surface area contributed by atoms with Crippen LogP contribution in [0.4, 0.5) is 17.3 Å². The van der Waals surface area contributed by atoms with Crippen LogP contribution < -0.4 is 21.5 Å². The van der Waals surface area contributed by atoms with E-state index in [1.54, 1.807) is 29.4 Å². The third-order valence-corrected chi connectivity index (χ3v) is 7.93. The van der Waals surface area contributed by atoms with Crippen molar-refractivity contribution in [1.29, 1.82) is 0 Å². The lowest BCUT2D eigenvalue weighted by Gasteiger charge is -2.29. The van der Waals surface area contributed by atoms with E-state index in [1.807, 2.05) is 25.4 Å². The van der Waals surface area contributed by atoms with Gasteiger partial charge in [-0.05, 0) is 57.1 Å². The van der Waals surface area contributed by atoms with Crippen LogP contribution in [-0.4, -0.2) is 64.6 Å². The average Bonchev–Trinajstić information content (AvgIpc) is 3.57. The number of pyridine rings is 1. The SMILES string of the molecule is COC1CCC(n2cccc(Nc3cc(N(C)[C@@H]4CC[C@@H](OC)C4)n4ncc(C(N)=O)c4n3)c2=O)CC1. The lowest BCUT2D eigenvalue weighted by atomic mass is 9.92. The molecule has 3 aromatic heterocycles. The monoisotopic (exact) mass is 509 g/mol. The van der Waals surface area contributed by atoms with Gasteiger partial charge in [0.15, 0.2) is 5.65 Å². The molecular weight excluding hydrogens is 474 g/mol. The molecule has 198 valence electrons. The normalized spacial score (nSPS) is 23.9. The van der Waals surface area contributed by atoms with E-state index in [1.165, 1.54) is 6.20 Å². The first-order valence-electron chi connectivity index (χ1n) is 12.8. The molecule has 5 rings (SSSR count). The number of nitrogens with two attached hydrogens (primary N) is 1. The molecular formula is C26H35N7O4. The zero-order valence-electron chi connectivity index (χ0n) is 21.6. The van der Waals surface area contributed by atoms with Crippen LogP contribution in [0.15, 0.2) is 35.4 Å². The highest BCUT2D eigenvalue weighted by molar-refractivity contribution is 5.99. The van der Waals surface area contributed by atoms with E-state index in [0.717, 1.165) is 50.8 Å². The van der Waals surface area contributed by atoms with Gasteiger partial charge < -0.3 is 30.0 Å². The van der Waals surface area contributed by atoms with Gasteiger partial charge in [0.25, 0.3) is 11.5 Å². The summed E-state index contributed by atoms with van der Waals surface area (Å²) in [7, 11) is 5.48. The van der Waals surface area contributed by atoms with Crippen LogP contribution in [0, 0.1) is 0 Å². The van der Waals surface area contributed by atoms with Crippen LogP contribution >= 0.6 is 0 Å². The standard InChI is InChI=1S/C26H35N7O4/c1-31(17-8-11-19(13-17)37-3)23-14-22(30-25-20(24(27)34)15-28-33(23)25)29-21-5-4-12-32(26(21)35)16-6-9-18(36-2)10-7-16/h4-5,12,14-19H,6-11,13H2,1-3H3,(H2,27,34)(H,29,30)/t16?,17-,18?,19-/m1/s1. The minimum atomic E-state index is -0.609. The van der Waals surface area contributed by atoms with Crippen LogP contribution in [0.25, 0.3) is 5.65 Å². The first-order chi connectivity index (χ1) is 17.9. The van der Waals surface area contributed by atoms with E-state index in [2.05, 4.69) is 20.3 Å². The van der Waals surface area contributed by atoms with Crippen molar-refractivity contribution in [3.63, 3.8) is 0 Å². The summed E-state index contributed by atoms with van der Waals surface area (Å²) in [5.74, 6) is 0.578. The van der Waals surface area contributed by atoms with Crippen molar-refractivity contribution < 1.29 is 14.3 Å². The van der Waals surface area contributed by atoms with Gasteiger partial charge in [0.2, 0.25) is 0 Å². The van der Waals surface area contributed by atoms with Crippen LogP contribution in [0.1, 0.15) is 61.3 Å². The summed E-state index contributed by atoms with van der Waals surface area (Å²) in [5, 5.41) is 7.61. The second-order valence-corrected chi connectivity index (χ2v) is 10.0. The number of amides is 1. The Balaban J connectivity index is 1.49. The summed E-state index contributed by atoms with van der Waals surface area (Å²) < 4.78 is 14.5. The Kier molecular flexibility index (Phi) is 7.16. The maximum atomic E-state index is 13.4. The van der Waals surface area contributed by atoms with E-state index < -0.39 is 5.91 Å². The van der Waals surface area contributed by atoms with Crippen LogP contribution in [0.3, 0.4) is 0 Å². The maximum absolute atomic E-state index is 13.4. The van der Waals surface area contributed by atoms with E-state index in [-0.39, 0.29) is 35.4 Å². The number of aromatic nitrogens is 4. The lowest BCUT2D eigenvalue weighted by molar-refractivity contribution is 0.0580. The number of ether oxygens (including phenoxy) is 2. The molecule has 3 N–H and O–H groups in total. The summed E-state index contributed by atoms with van der Waals surface area (Å²) in [4.78, 5) is 32.3. The van der Waals surface area contributed by atoms with Crippen LogP contribution in [0.5, 0.6) is 0 Å². The highest BCUT2D eigenvalue weighted by Gasteiger charge is 2.30. The zero-order chi connectivity index (χ0) is 26.1. The summed E-state index contributed by atoms with van der Waals surface area (Å²) in [6.07, 6.45) is 10.2. The molecule has 11 nitrogen and oxygen atoms in total. The molecule has 3 heterocycles. The number of anilines is 3. The molecule has 0 aromatic carbocycles. The quantitative estimate of drug-likeness (QED) is 0.474. The highest BCUT2D eigenvalue weighted by atomic mass is 16.5. The molecule has 0 bridgehead atoms. The van der Waals surface area contributed by atoms with Crippen molar-refractivity contribution in [3.05, 3.63) is 46.5 Å². The first-order valence-corrected chi connectivity index (χ1v) is 12.8. The Morgan fingerprint density at radius 2 is 1.86 bits per heavy atom. The van der Waals surface area contributed by atoms with Gasteiger partial charge in [-0.3, -0.25) is 9.59 Å². The minimum Gasteiger partial charge on any atom is -0.381 e. The topological polar surface area (TPSA) is 129 Å². The molecule has 1 amide bonds. The summed E-state index contributed by atoms with van der Waals surface area (Å²) in [5.41, 5.74) is 6.49. The summed E-state index contributed by atoms with van der Waals surface area (Å²) in [6.45, 7) is 0. The van der Waals surface area contributed by atoms with Crippen molar-refractivity contribution in [3.8, 4) is 0 Å². The second kappa shape index (κ2) is 10.5. The molecule has 3 aromatic rings. The molecule has 0 unspecified atom stereocenters. The van der Waals surface area contributed by atoms with Gasteiger partial charge in [-0.1, -0.05) is 0 Å². The number of fused-ring (bicyclic) bond motifs is 1. The number of hydrogen-bond donors (Lipinski definition) is 2. The number of rotatable bonds is 8. The molecule has 0 radical (unpaired) electrons. The van der Waals surface area contributed by atoms with Gasteiger partial charge >= 0.3 is 0 Å². The number of nitrogens with zero attached hydrogens (tertiary/aromatic N) is 5. The number of nitrogens with one attached hydrogen (secondary N) is 1. The van der Waals surface area contributed by atoms with E-state index >= 15 is 0 Å². The molecule has 2 aliphatic carbocycles. The molecule has 0 saturated heterocycles. The maximum Gasteiger partial charge on any atom is 0.274 e. The van der Waals surface area contributed by atoms with Gasteiger partial charge in [-0.15, -0.1) is 0 Å². The predicted molar refractivity (Wildman–Crippen MR) is 141 cm³/mol. The Bertz CT molecular complexity index is 1330. The van der Waals surface area contributed by atoms with Gasteiger partial charge in [0.1, 0.15) is 22.9 Å². The molecule has 0 spiro atoms. The van der Waals surface area contributed by atoms with Crippen molar-refractivity contribution in [2.75, 3.05) is 31.5 Å². The zero-order valence-corrected chi connectivity index (χ0v) is 21.6. The van der Waals surface area contributed by atoms with E-state index in [9.17, 15) is 9.59 Å². The fourth-order valence-electron chi connectivity index (χ4n) is 5.70. The Morgan fingerprint density at radius 3 is 2.54 bits per heavy atom. The number of hydrogen-bond acceptors (Lipinski definition) is 8. The first kappa shape index (κ1) is 25.2. The van der Waals surface area contributed by atoms with E-state index in [0.29, 0.717) is 17.2 Å². The van der Waals surface area contributed by atoms with Crippen LogP contribution in [-0.2, 0) is 9.47 Å². The molecule has 11 heteroatoms. The van der Waals surface area contributed by atoms with Gasteiger partial charge in [-0.25, -0.2) is 4.98 Å². The third-order valence-electron chi connectivity index (χ3n) is 7.93. The molecule has 2 fully saturated rings. The largest absolute Gasteiger partial charge is 0.381 e. The highest BCUT2D eigenvalue weighted by Crippen LogP contribution is 2.32. The Labute approximate surface area is 215 Å². The van der Waals surface area contributed by atoms with Crippen molar-refractivity contribution in [2.24, 2.45) is 5.73 Å². The number of carbonyl (C=O) groups excluding carboxylic acids is 1. The lowest BCUT2D eigenvalue weighted by Crippen LogP contribution is -2.32. The summed E-state index contributed by atoms with van der Waals surface area (Å²) in [6, 6.07) is 5.84. The summed E-state index contributed by atoms with van der Waals surface area (Å²) >= 11 is 0. The van der Waals surface area contributed by atoms with E-state index in [4.69, 9.17) is 15.2 Å². The van der Waals surface area contributed by atoms with Gasteiger partial charge in [0.05, 0.1) is 18.4 Å². The fourth-order valence-corrected chi connectivity index (χ4v) is 5.70. The molecule has 2 aliphatic rings. The third kappa shape index (κ3) is 4.93. The predicted octanol–water partition coefficient (Wildman–Crippen LogP) is 2.87. The van der Waals surface area contributed by atoms with Gasteiger partial charge in [0, 0.05) is 45.6 Å². The van der Waals surface area contributed by atoms with Gasteiger partial charge in [-0.2, -0.15) is 9.61 Å². The Hall–Kier alpha value is -3.44. The van der Waals surface area contributed by atoms with Crippen molar-refractivity contribution in [1.82, 2.24) is 19.2 Å². The average molecular weight is 510 g/mol. The van der Waals surface area contributed by atoms with Crippen molar-refractivity contribution >= 4 is 28.9 Å². The van der Waals surface area contributed by atoms with Crippen molar-refractivity contribution in [2.45, 2.75) is 69.2 Å². The molecule has 0 aliphatic heterocycles. The number of methoxy groups -OCH3 is 2. The molecule has 2 atom stereocenters. The fraction of sp³-hybridized carbons (Fsp3) is 0.538. The van der Waals surface area contributed by atoms with Crippen LogP contribution in [0.2, 0.25) is 0 Å². The Morgan fingerprint density at radius 1 is 1.14 bits per heavy atom. The molecule has 2 saturated carbocycles. The smallest absolute Gasteiger partial charge is 0.274 e. The number of primary amides is 1. The molecule has 37 heavy (non-hydrogen) atoms. The minimum absolute atomic E-state index is 0.109. The second-order valence-electron chi connectivity index (χ2n) is 10.0.